The number of carbonyl (C=O) groups excluding carboxylic acids is 1. The van der Waals surface area contributed by atoms with Crippen LogP contribution in [-0.4, -0.2) is 41.6 Å². The minimum Gasteiger partial charge on any atom is -0.444 e. The van der Waals surface area contributed by atoms with E-state index in [1.165, 1.54) is 4.90 Å². The van der Waals surface area contributed by atoms with E-state index in [0.717, 1.165) is 0 Å². The molecule has 0 aromatic rings. The van der Waals surface area contributed by atoms with Crippen LogP contribution in [-0.2, 0) is 4.74 Å². The molecule has 0 saturated carbocycles. The molecule has 0 bridgehead atoms. The zero-order chi connectivity index (χ0) is 12.6. The fraction of sp³-hybridized carbons (Fsp3) is 0.900. The highest BCUT2D eigenvalue weighted by Crippen LogP contribution is 2.27. The van der Waals surface area contributed by atoms with Gasteiger partial charge in [-0.3, -0.25) is 0 Å². The largest absolute Gasteiger partial charge is 0.444 e. The Bertz CT molecular complexity index is 276. The maximum Gasteiger partial charge on any atom is 0.410 e. The number of ether oxygens (including phenoxy) is 1. The monoisotopic (exact) mass is 236 g/mol. The quantitative estimate of drug-likeness (QED) is 0.695. The summed E-state index contributed by atoms with van der Waals surface area (Å²) in [4.78, 5) is 12.8. The molecule has 0 spiro atoms. The van der Waals surface area contributed by atoms with Crippen LogP contribution >= 0.6 is 0 Å². The van der Waals surface area contributed by atoms with Crippen LogP contribution in [0, 0.1) is 0 Å². The smallest absolute Gasteiger partial charge is 0.410 e. The standard InChI is InChI=1S/C10H18F2N2O2/c1-9(2,3)16-8(15)14-5-4-10(11,12)7(13)6-14/h7H,4-6,13H2,1-3H3/t7-/m1/s1. The minimum atomic E-state index is -2.89. The number of rotatable bonds is 0. The van der Waals surface area contributed by atoms with Crippen LogP contribution in [0.25, 0.3) is 0 Å². The van der Waals surface area contributed by atoms with E-state index in [1.54, 1.807) is 20.8 Å². The molecular formula is C10H18F2N2O2. The van der Waals surface area contributed by atoms with E-state index in [0.29, 0.717) is 0 Å². The summed E-state index contributed by atoms with van der Waals surface area (Å²) in [6.07, 6.45) is -0.994. The maximum absolute atomic E-state index is 13.1. The molecule has 1 amide bonds. The molecule has 16 heavy (non-hydrogen) atoms. The average molecular weight is 236 g/mol. The van der Waals surface area contributed by atoms with Gasteiger partial charge in [-0.2, -0.15) is 0 Å². The van der Waals surface area contributed by atoms with E-state index in [9.17, 15) is 13.6 Å². The summed E-state index contributed by atoms with van der Waals surface area (Å²) in [6.45, 7) is 4.99. The van der Waals surface area contributed by atoms with Crippen LogP contribution in [0.4, 0.5) is 13.6 Å². The van der Waals surface area contributed by atoms with Crippen molar-refractivity contribution in [3.05, 3.63) is 0 Å². The summed E-state index contributed by atoms with van der Waals surface area (Å²) < 4.78 is 31.2. The molecule has 0 unspecified atom stereocenters. The van der Waals surface area contributed by atoms with E-state index in [2.05, 4.69) is 0 Å². The summed E-state index contributed by atoms with van der Waals surface area (Å²) in [6, 6.07) is -1.31. The highest BCUT2D eigenvalue weighted by atomic mass is 19.3. The molecule has 4 nitrogen and oxygen atoms in total. The first kappa shape index (κ1) is 13.2. The summed E-state index contributed by atoms with van der Waals surface area (Å²) in [5, 5.41) is 0. The van der Waals surface area contributed by atoms with Crippen molar-refractivity contribution in [2.24, 2.45) is 5.73 Å². The van der Waals surface area contributed by atoms with E-state index in [1.807, 2.05) is 0 Å². The van der Waals surface area contributed by atoms with Gasteiger partial charge < -0.3 is 15.4 Å². The van der Waals surface area contributed by atoms with Crippen molar-refractivity contribution < 1.29 is 18.3 Å². The Balaban J connectivity index is 2.55. The van der Waals surface area contributed by atoms with E-state index in [4.69, 9.17) is 10.5 Å². The number of likely N-dealkylation sites (tertiary alicyclic amines) is 1. The van der Waals surface area contributed by atoms with Crippen molar-refractivity contribution in [3.8, 4) is 0 Å². The normalized spacial score (nSPS) is 25.4. The minimum absolute atomic E-state index is 0.0182. The third kappa shape index (κ3) is 3.30. The molecule has 0 aromatic carbocycles. The second-order valence-electron chi connectivity index (χ2n) is 5.04. The van der Waals surface area contributed by atoms with Crippen molar-refractivity contribution in [1.29, 1.82) is 0 Å². The number of hydrogen-bond acceptors (Lipinski definition) is 3. The third-order valence-electron chi connectivity index (χ3n) is 2.33. The van der Waals surface area contributed by atoms with Gasteiger partial charge in [0.1, 0.15) is 5.60 Å². The number of hydrogen-bond donors (Lipinski definition) is 1. The molecule has 1 saturated heterocycles. The Hall–Kier alpha value is -0.910. The van der Waals surface area contributed by atoms with E-state index < -0.39 is 30.1 Å². The third-order valence-corrected chi connectivity index (χ3v) is 2.33. The highest BCUT2D eigenvalue weighted by Gasteiger charge is 2.43. The fourth-order valence-electron chi connectivity index (χ4n) is 1.42. The predicted octanol–water partition coefficient (Wildman–Crippen LogP) is 1.59. The van der Waals surface area contributed by atoms with Crippen molar-refractivity contribution in [2.45, 2.75) is 44.8 Å². The van der Waals surface area contributed by atoms with Gasteiger partial charge in [-0.25, -0.2) is 13.6 Å². The molecular weight excluding hydrogens is 218 g/mol. The summed E-state index contributed by atoms with van der Waals surface area (Å²) in [7, 11) is 0. The lowest BCUT2D eigenvalue weighted by Gasteiger charge is -2.36. The Morgan fingerprint density at radius 1 is 1.50 bits per heavy atom. The molecule has 1 rings (SSSR count). The van der Waals surface area contributed by atoms with Crippen LogP contribution in [0.15, 0.2) is 0 Å². The number of carbonyl (C=O) groups is 1. The summed E-state index contributed by atoms with van der Waals surface area (Å²) in [5.41, 5.74) is 4.68. The van der Waals surface area contributed by atoms with Crippen LogP contribution in [0.5, 0.6) is 0 Å². The van der Waals surface area contributed by atoms with Crippen LogP contribution in [0.1, 0.15) is 27.2 Å². The Morgan fingerprint density at radius 3 is 2.50 bits per heavy atom. The van der Waals surface area contributed by atoms with Gasteiger partial charge in [-0.05, 0) is 20.8 Å². The number of amides is 1. The van der Waals surface area contributed by atoms with Gasteiger partial charge in [0.15, 0.2) is 0 Å². The van der Waals surface area contributed by atoms with Gasteiger partial charge in [0.05, 0.1) is 6.04 Å². The van der Waals surface area contributed by atoms with Gasteiger partial charge in [-0.15, -0.1) is 0 Å². The van der Waals surface area contributed by atoms with Crippen LogP contribution < -0.4 is 5.73 Å². The molecule has 1 aliphatic rings. The van der Waals surface area contributed by atoms with Crippen LogP contribution in [0.3, 0.4) is 0 Å². The van der Waals surface area contributed by atoms with Gasteiger partial charge >= 0.3 is 6.09 Å². The molecule has 1 heterocycles. The molecule has 2 N–H and O–H groups in total. The van der Waals surface area contributed by atoms with Crippen molar-refractivity contribution in [1.82, 2.24) is 4.90 Å². The number of nitrogens with two attached hydrogens (primary N) is 1. The topological polar surface area (TPSA) is 55.6 Å². The number of nitrogens with zero attached hydrogens (tertiary/aromatic N) is 1. The molecule has 1 atom stereocenters. The molecule has 0 aromatic heterocycles. The zero-order valence-corrected chi connectivity index (χ0v) is 9.80. The molecule has 0 radical (unpaired) electrons. The molecule has 6 heteroatoms. The van der Waals surface area contributed by atoms with Crippen molar-refractivity contribution in [3.63, 3.8) is 0 Å². The lowest BCUT2D eigenvalue weighted by atomic mass is 10.0. The lowest BCUT2D eigenvalue weighted by Crippen LogP contribution is -2.57. The molecule has 1 aliphatic heterocycles. The van der Waals surface area contributed by atoms with Crippen LogP contribution in [0.2, 0.25) is 0 Å². The first-order valence-electron chi connectivity index (χ1n) is 5.23. The number of alkyl halides is 2. The zero-order valence-electron chi connectivity index (χ0n) is 9.80. The number of piperidine rings is 1. The average Bonchev–Trinajstić information content (AvgIpc) is 2.06. The van der Waals surface area contributed by atoms with E-state index in [-0.39, 0.29) is 13.1 Å². The maximum atomic E-state index is 13.1. The van der Waals surface area contributed by atoms with Gasteiger partial charge in [-0.1, -0.05) is 0 Å². The second-order valence-corrected chi connectivity index (χ2v) is 5.04. The molecule has 1 fully saturated rings. The van der Waals surface area contributed by atoms with Gasteiger partial charge in [0.25, 0.3) is 5.92 Å². The molecule has 94 valence electrons. The Labute approximate surface area is 93.7 Å². The predicted molar refractivity (Wildman–Crippen MR) is 55.3 cm³/mol. The molecule has 0 aliphatic carbocycles. The van der Waals surface area contributed by atoms with E-state index >= 15 is 0 Å². The first-order chi connectivity index (χ1) is 7.12. The Morgan fingerprint density at radius 2 is 2.06 bits per heavy atom. The summed E-state index contributed by atoms with van der Waals surface area (Å²) >= 11 is 0. The second kappa shape index (κ2) is 4.16. The fourth-order valence-corrected chi connectivity index (χ4v) is 1.42. The van der Waals surface area contributed by atoms with Gasteiger partial charge in [0, 0.05) is 19.5 Å². The Kier molecular flexibility index (Phi) is 3.42. The first-order valence-corrected chi connectivity index (χ1v) is 5.23. The lowest BCUT2D eigenvalue weighted by molar-refractivity contribution is -0.0741. The van der Waals surface area contributed by atoms with Crippen molar-refractivity contribution >= 4 is 6.09 Å². The van der Waals surface area contributed by atoms with Gasteiger partial charge in [0.2, 0.25) is 0 Å². The highest BCUT2D eigenvalue weighted by molar-refractivity contribution is 5.68. The number of halogens is 2. The SMILES string of the molecule is CC(C)(C)OC(=O)N1CCC(F)(F)[C@H](N)C1. The summed E-state index contributed by atoms with van der Waals surface area (Å²) in [5.74, 6) is -2.89. The van der Waals surface area contributed by atoms with Crippen molar-refractivity contribution in [2.75, 3.05) is 13.1 Å².